The lowest BCUT2D eigenvalue weighted by Gasteiger charge is -2.23. The van der Waals surface area contributed by atoms with Gasteiger partial charge in [-0.05, 0) is 51.0 Å². The van der Waals surface area contributed by atoms with Gasteiger partial charge in [-0.15, -0.1) is 11.3 Å². The molecule has 1 aliphatic heterocycles. The first-order chi connectivity index (χ1) is 11.2. The van der Waals surface area contributed by atoms with Crippen molar-refractivity contribution in [3.63, 3.8) is 0 Å². The lowest BCUT2D eigenvalue weighted by atomic mass is 10.1. The van der Waals surface area contributed by atoms with Gasteiger partial charge >= 0.3 is 0 Å². The Morgan fingerprint density at radius 3 is 3.09 bits per heavy atom. The summed E-state index contributed by atoms with van der Waals surface area (Å²) in [4.78, 5) is 13.5. The molecular weight excluding hydrogens is 312 g/mol. The molecule has 1 aliphatic carbocycles. The normalized spacial score (nSPS) is 21.5. The second kappa shape index (κ2) is 7.43. The Morgan fingerprint density at radius 1 is 1.48 bits per heavy atom. The van der Waals surface area contributed by atoms with E-state index in [1.807, 2.05) is 0 Å². The van der Waals surface area contributed by atoms with Crippen LogP contribution >= 0.6 is 11.3 Å². The van der Waals surface area contributed by atoms with Gasteiger partial charge in [-0.1, -0.05) is 0 Å². The van der Waals surface area contributed by atoms with Crippen LogP contribution in [-0.4, -0.2) is 31.3 Å². The van der Waals surface area contributed by atoms with Crippen LogP contribution in [0.15, 0.2) is 0 Å². The van der Waals surface area contributed by atoms with Crippen molar-refractivity contribution in [3.8, 4) is 6.07 Å². The molecule has 5 nitrogen and oxygen atoms in total. The molecule has 6 heteroatoms. The van der Waals surface area contributed by atoms with Gasteiger partial charge in [0.2, 0.25) is 0 Å². The number of fused-ring (bicyclic) bond motifs is 1. The van der Waals surface area contributed by atoms with Gasteiger partial charge in [0.1, 0.15) is 17.2 Å². The smallest absolute Gasteiger partial charge is 0.253 e. The van der Waals surface area contributed by atoms with Crippen molar-refractivity contribution in [1.29, 1.82) is 5.26 Å². The van der Waals surface area contributed by atoms with Crippen LogP contribution in [-0.2, 0) is 27.1 Å². The zero-order valence-corrected chi connectivity index (χ0v) is 14.2. The number of thiophene rings is 1. The van der Waals surface area contributed by atoms with Crippen molar-refractivity contribution in [2.75, 3.05) is 18.5 Å². The first-order valence-electron chi connectivity index (χ1n) is 8.27. The van der Waals surface area contributed by atoms with Gasteiger partial charge in [-0.3, -0.25) is 4.79 Å². The number of hydrogen-bond acceptors (Lipinski definition) is 5. The Hall–Kier alpha value is -1.42. The molecule has 0 aromatic carbocycles. The molecular formula is C17H22N2O3S. The topological polar surface area (TPSA) is 71.3 Å². The van der Waals surface area contributed by atoms with E-state index >= 15 is 0 Å². The molecule has 23 heavy (non-hydrogen) atoms. The van der Waals surface area contributed by atoms with E-state index in [1.54, 1.807) is 6.92 Å². The number of ether oxygens (including phenoxy) is 2. The quantitative estimate of drug-likeness (QED) is 0.898. The lowest BCUT2D eigenvalue weighted by molar-refractivity contribution is -0.130. The van der Waals surface area contributed by atoms with E-state index in [2.05, 4.69) is 11.4 Å². The van der Waals surface area contributed by atoms with Gasteiger partial charge < -0.3 is 14.8 Å². The first-order valence-corrected chi connectivity index (χ1v) is 9.09. The first kappa shape index (κ1) is 16.4. The zero-order valence-electron chi connectivity index (χ0n) is 13.4. The summed E-state index contributed by atoms with van der Waals surface area (Å²) in [5, 5.41) is 12.9. The van der Waals surface area contributed by atoms with Crippen LogP contribution in [0.2, 0.25) is 0 Å². The fourth-order valence-electron chi connectivity index (χ4n) is 3.09. The number of nitrogens with zero attached hydrogens (tertiary/aromatic N) is 1. The minimum absolute atomic E-state index is 0.0965. The van der Waals surface area contributed by atoms with Crippen molar-refractivity contribution in [3.05, 3.63) is 16.0 Å². The predicted molar refractivity (Wildman–Crippen MR) is 88.7 cm³/mol. The molecule has 0 bridgehead atoms. The summed E-state index contributed by atoms with van der Waals surface area (Å²) in [6.07, 6.45) is 5.84. The highest BCUT2D eigenvalue weighted by Crippen LogP contribution is 2.38. The minimum atomic E-state index is -0.552. The van der Waals surface area contributed by atoms with E-state index < -0.39 is 6.10 Å². The van der Waals surface area contributed by atoms with Gasteiger partial charge in [0.15, 0.2) is 0 Å². The van der Waals surface area contributed by atoms with Crippen molar-refractivity contribution in [2.24, 2.45) is 0 Å². The molecule has 1 saturated heterocycles. The third-order valence-electron chi connectivity index (χ3n) is 4.45. The number of nitrogens with one attached hydrogen (secondary N) is 1. The van der Waals surface area contributed by atoms with Gasteiger partial charge in [0.05, 0.1) is 18.3 Å². The Labute approximate surface area is 140 Å². The fraction of sp³-hybridized carbons (Fsp3) is 0.647. The second-order valence-electron chi connectivity index (χ2n) is 6.13. The van der Waals surface area contributed by atoms with E-state index in [9.17, 15) is 10.1 Å². The molecule has 0 spiro atoms. The van der Waals surface area contributed by atoms with Crippen molar-refractivity contribution in [1.82, 2.24) is 0 Å². The van der Waals surface area contributed by atoms with Crippen LogP contribution in [0, 0.1) is 11.3 Å². The molecule has 1 amide bonds. The highest BCUT2D eigenvalue weighted by atomic mass is 32.1. The van der Waals surface area contributed by atoms with Gasteiger partial charge in [-0.25, -0.2) is 0 Å². The monoisotopic (exact) mass is 334 g/mol. The molecule has 2 atom stereocenters. The molecule has 2 heterocycles. The maximum atomic E-state index is 12.3. The molecule has 1 aromatic heterocycles. The summed E-state index contributed by atoms with van der Waals surface area (Å²) in [5.74, 6) is -0.197. The molecule has 2 aliphatic rings. The lowest BCUT2D eigenvalue weighted by Crippen LogP contribution is -2.32. The average molecular weight is 334 g/mol. The second-order valence-corrected chi connectivity index (χ2v) is 7.23. The fourth-order valence-corrected chi connectivity index (χ4v) is 4.33. The number of nitriles is 1. The number of hydrogen-bond donors (Lipinski definition) is 1. The Kier molecular flexibility index (Phi) is 5.31. The molecule has 2 unspecified atom stereocenters. The van der Waals surface area contributed by atoms with Crippen LogP contribution in [0.4, 0.5) is 5.00 Å². The zero-order chi connectivity index (χ0) is 16.2. The summed E-state index contributed by atoms with van der Waals surface area (Å²) < 4.78 is 11.3. The number of carbonyl (C=O) groups excluding carboxylic acids is 1. The highest BCUT2D eigenvalue weighted by Gasteiger charge is 2.25. The maximum absolute atomic E-state index is 12.3. The number of aryl methyl sites for hydroxylation is 1. The number of amides is 1. The van der Waals surface area contributed by atoms with Crippen molar-refractivity contribution < 1.29 is 14.3 Å². The number of rotatable bonds is 5. The molecule has 1 N–H and O–H groups in total. The van der Waals surface area contributed by atoms with E-state index in [-0.39, 0.29) is 12.0 Å². The average Bonchev–Trinajstić information content (AvgIpc) is 3.14. The number of anilines is 1. The molecule has 1 aromatic rings. The summed E-state index contributed by atoms with van der Waals surface area (Å²) in [7, 11) is 0. The van der Waals surface area contributed by atoms with Gasteiger partial charge in [0.25, 0.3) is 5.91 Å². The summed E-state index contributed by atoms with van der Waals surface area (Å²) in [6.45, 7) is 2.97. The van der Waals surface area contributed by atoms with Gasteiger partial charge in [-0.2, -0.15) is 5.26 Å². The van der Waals surface area contributed by atoms with Crippen LogP contribution in [0.25, 0.3) is 0 Å². The van der Waals surface area contributed by atoms with E-state index in [0.717, 1.165) is 50.7 Å². The molecule has 3 rings (SSSR count). The Bertz CT molecular complexity index is 614. The van der Waals surface area contributed by atoms with Crippen LogP contribution in [0.1, 0.15) is 48.6 Å². The highest BCUT2D eigenvalue weighted by molar-refractivity contribution is 7.16. The molecule has 1 fully saturated rings. The van der Waals surface area contributed by atoms with Crippen LogP contribution in [0.3, 0.4) is 0 Å². The largest absolute Gasteiger partial charge is 0.376 e. The van der Waals surface area contributed by atoms with Crippen LogP contribution < -0.4 is 5.32 Å². The molecule has 0 saturated carbocycles. The Morgan fingerprint density at radius 2 is 2.35 bits per heavy atom. The summed E-state index contributed by atoms with van der Waals surface area (Å²) in [5.41, 5.74) is 1.76. The third kappa shape index (κ3) is 3.74. The van der Waals surface area contributed by atoms with E-state index in [1.165, 1.54) is 16.2 Å². The predicted octanol–water partition coefficient (Wildman–Crippen LogP) is 3.02. The summed E-state index contributed by atoms with van der Waals surface area (Å²) in [6, 6.07) is 2.24. The minimum Gasteiger partial charge on any atom is -0.376 e. The molecule has 124 valence electrons. The standard InChI is InChI=1S/C17H22N2O3S/c1-11(22-10-12-5-2-3-8-21-12)16(20)19-17-14(9-18)13-6-4-7-15(13)23-17/h11-12H,2-8,10H2,1H3,(H,19,20). The Balaban J connectivity index is 1.55. The van der Waals surface area contributed by atoms with Crippen molar-refractivity contribution >= 4 is 22.2 Å². The van der Waals surface area contributed by atoms with E-state index in [0.29, 0.717) is 17.2 Å². The summed E-state index contributed by atoms with van der Waals surface area (Å²) >= 11 is 1.53. The van der Waals surface area contributed by atoms with Crippen LogP contribution in [0.5, 0.6) is 0 Å². The van der Waals surface area contributed by atoms with E-state index in [4.69, 9.17) is 9.47 Å². The number of carbonyl (C=O) groups is 1. The molecule has 0 radical (unpaired) electrons. The van der Waals surface area contributed by atoms with Crippen molar-refractivity contribution in [2.45, 2.75) is 57.7 Å². The maximum Gasteiger partial charge on any atom is 0.253 e. The SMILES string of the molecule is CC(OCC1CCCCO1)C(=O)Nc1sc2c(c1C#N)CCC2. The van der Waals surface area contributed by atoms with Gasteiger partial charge in [0, 0.05) is 11.5 Å². The third-order valence-corrected chi connectivity index (χ3v) is 5.65.